The van der Waals surface area contributed by atoms with E-state index in [0.717, 1.165) is 23.4 Å². The predicted octanol–water partition coefficient (Wildman–Crippen LogP) is 4.50. The molecule has 2 atom stereocenters. The molecule has 0 bridgehead atoms. The standard InChI is InChI=1S/C28H29F2N3O2/c1-2-18-5-3-6-19(11-18)16-31-17-26(34)25(14-20-12-22(29)15-23(30)13-20)33-28(35)24-8-4-7-21-9-10-32-27(21)24/h3-13,15,25-26,31-32,34H,2,14,16-17H2,1H3,(H,33,35)/t25-,26+/m0/s1. The van der Waals surface area contributed by atoms with Crippen LogP contribution in [0, 0.1) is 11.6 Å². The van der Waals surface area contributed by atoms with Crippen molar-refractivity contribution in [2.45, 2.75) is 38.5 Å². The molecule has 0 aliphatic rings. The van der Waals surface area contributed by atoms with Gasteiger partial charge in [-0.3, -0.25) is 4.79 Å². The van der Waals surface area contributed by atoms with Crippen LogP contribution in [0.15, 0.2) is 72.9 Å². The van der Waals surface area contributed by atoms with Crippen LogP contribution < -0.4 is 10.6 Å². The lowest BCUT2D eigenvalue weighted by Gasteiger charge is -2.25. The molecule has 4 N–H and O–H groups in total. The molecule has 1 amide bonds. The van der Waals surface area contributed by atoms with Crippen molar-refractivity contribution in [2.24, 2.45) is 0 Å². The van der Waals surface area contributed by atoms with E-state index in [0.29, 0.717) is 23.2 Å². The van der Waals surface area contributed by atoms with E-state index in [2.05, 4.69) is 34.7 Å². The zero-order valence-electron chi connectivity index (χ0n) is 19.5. The van der Waals surface area contributed by atoms with Crippen LogP contribution in [-0.2, 0) is 19.4 Å². The fourth-order valence-corrected chi connectivity index (χ4v) is 4.25. The summed E-state index contributed by atoms with van der Waals surface area (Å²) in [6.45, 7) is 2.82. The van der Waals surface area contributed by atoms with Crippen LogP contribution >= 0.6 is 0 Å². The Morgan fingerprint density at radius 1 is 0.971 bits per heavy atom. The van der Waals surface area contributed by atoms with E-state index in [4.69, 9.17) is 0 Å². The summed E-state index contributed by atoms with van der Waals surface area (Å²) < 4.78 is 27.6. The van der Waals surface area contributed by atoms with Crippen LogP contribution in [-0.4, -0.2) is 34.7 Å². The van der Waals surface area contributed by atoms with Crippen molar-refractivity contribution < 1.29 is 18.7 Å². The number of H-pyrrole nitrogens is 1. The van der Waals surface area contributed by atoms with Crippen molar-refractivity contribution >= 4 is 16.8 Å². The zero-order valence-corrected chi connectivity index (χ0v) is 19.5. The molecule has 0 fully saturated rings. The van der Waals surface area contributed by atoms with Gasteiger partial charge in [0.1, 0.15) is 11.6 Å². The van der Waals surface area contributed by atoms with Gasteiger partial charge < -0.3 is 20.7 Å². The van der Waals surface area contributed by atoms with Gasteiger partial charge in [-0.2, -0.15) is 0 Å². The fraction of sp³-hybridized carbons (Fsp3) is 0.250. The van der Waals surface area contributed by atoms with Crippen molar-refractivity contribution in [2.75, 3.05) is 6.54 Å². The lowest BCUT2D eigenvalue weighted by Crippen LogP contribution is -2.48. The molecule has 0 radical (unpaired) electrons. The van der Waals surface area contributed by atoms with Crippen molar-refractivity contribution in [3.05, 3.63) is 107 Å². The molecule has 1 heterocycles. The number of aromatic amines is 1. The van der Waals surface area contributed by atoms with Gasteiger partial charge in [0, 0.05) is 30.7 Å². The first-order valence-corrected chi connectivity index (χ1v) is 11.7. The Morgan fingerprint density at radius 3 is 2.49 bits per heavy atom. The Balaban J connectivity index is 1.49. The van der Waals surface area contributed by atoms with Gasteiger partial charge in [-0.15, -0.1) is 0 Å². The quantitative estimate of drug-likeness (QED) is 0.272. The normalized spacial score (nSPS) is 13.0. The van der Waals surface area contributed by atoms with Crippen LogP contribution in [0.2, 0.25) is 0 Å². The lowest BCUT2D eigenvalue weighted by atomic mass is 9.99. The molecule has 35 heavy (non-hydrogen) atoms. The minimum Gasteiger partial charge on any atom is -0.390 e. The SMILES string of the molecule is CCc1cccc(CNC[C@@H](O)[C@H](Cc2cc(F)cc(F)c2)NC(=O)c2cccc3cc[nH]c23)c1. The van der Waals surface area contributed by atoms with Crippen LogP contribution in [0.3, 0.4) is 0 Å². The number of amides is 1. The smallest absolute Gasteiger partial charge is 0.253 e. The highest BCUT2D eigenvalue weighted by atomic mass is 19.1. The van der Waals surface area contributed by atoms with Gasteiger partial charge in [-0.05, 0) is 53.8 Å². The van der Waals surface area contributed by atoms with Gasteiger partial charge in [0.15, 0.2) is 0 Å². The molecular weight excluding hydrogens is 448 g/mol. The van der Waals surface area contributed by atoms with Gasteiger partial charge in [-0.25, -0.2) is 8.78 Å². The Labute approximate surface area is 203 Å². The van der Waals surface area contributed by atoms with E-state index in [9.17, 15) is 18.7 Å². The number of benzene rings is 3. The molecule has 1 aromatic heterocycles. The number of aromatic nitrogens is 1. The van der Waals surface area contributed by atoms with Crippen molar-refractivity contribution in [3.63, 3.8) is 0 Å². The molecule has 0 aliphatic carbocycles. The number of carbonyl (C=O) groups excluding carboxylic acids is 1. The van der Waals surface area contributed by atoms with Crippen LogP contribution in [0.5, 0.6) is 0 Å². The summed E-state index contributed by atoms with van der Waals surface area (Å²) >= 11 is 0. The van der Waals surface area contributed by atoms with Gasteiger partial charge in [-0.1, -0.05) is 43.3 Å². The number of rotatable bonds is 10. The number of halogens is 2. The number of nitrogens with one attached hydrogen (secondary N) is 3. The van der Waals surface area contributed by atoms with Gasteiger partial charge >= 0.3 is 0 Å². The molecule has 7 heteroatoms. The topological polar surface area (TPSA) is 77.2 Å². The van der Waals surface area contributed by atoms with Gasteiger partial charge in [0.2, 0.25) is 0 Å². The highest BCUT2D eigenvalue weighted by Gasteiger charge is 2.24. The van der Waals surface area contributed by atoms with Crippen LogP contribution in [0.4, 0.5) is 8.78 Å². The van der Waals surface area contributed by atoms with E-state index in [1.165, 1.54) is 17.7 Å². The highest BCUT2D eigenvalue weighted by molar-refractivity contribution is 6.05. The van der Waals surface area contributed by atoms with Crippen molar-refractivity contribution in [1.29, 1.82) is 0 Å². The second-order valence-corrected chi connectivity index (χ2v) is 8.68. The highest BCUT2D eigenvalue weighted by Crippen LogP contribution is 2.18. The molecular formula is C28H29F2N3O2. The molecule has 0 saturated carbocycles. The Morgan fingerprint density at radius 2 is 1.71 bits per heavy atom. The Hall–Kier alpha value is -3.55. The molecule has 182 valence electrons. The molecule has 0 aliphatic heterocycles. The first-order chi connectivity index (χ1) is 16.9. The third-order valence-corrected chi connectivity index (χ3v) is 6.07. The molecule has 5 nitrogen and oxygen atoms in total. The number of aliphatic hydroxyl groups excluding tert-OH is 1. The first-order valence-electron chi connectivity index (χ1n) is 11.7. The average molecular weight is 478 g/mol. The number of fused-ring (bicyclic) bond motifs is 1. The average Bonchev–Trinajstić information content (AvgIpc) is 3.32. The molecule has 0 unspecified atom stereocenters. The number of para-hydroxylation sites is 1. The third kappa shape index (κ3) is 6.32. The summed E-state index contributed by atoms with van der Waals surface area (Å²) in [6.07, 6.45) is 1.75. The molecule has 0 spiro atoms. The Bertz CT molecular complexity index is 1280. The number of aliphatic hydroxyl groups is 1. The summed E-state index contributed by atoms with van der Waals surface area (Å²) in [6, 6.07) is 17.8. The summed E-state index contributed by atoms with van der Waals surface area (Å²) in [5.74, 6) is -1.79. The fourth-order valence-electron chi connectivity index (χ4n) is 4.25. The van der Waals surface area contributed by atoms with Crippen molar-refractivity contribution in [3.8, 4) is 0 Å². The number of hydrogen-bond acceptors (Lipinski definition) is 3. The maximum absolute atomic E-state index is 13.8. The maximum atomic E-state index is 13.8. The van der Waals surface area contributed by atoms with E-state index in [-0.39, 0.29) is 18.9 Å². The van der Waals surface area contributed by atoms with E-state index < -0.39 is 23.8 Å². The van der Waals surface area contributed by atoms with Crippen LogP contribution in [0.25, 0.3) is 10.9 Å². The summed E-state index contributed by atoms with van der Waals surface area (Å²) in [5, 5.41) is 18.0. The van der Waals surface area contributed by atoms with Gasteiger partial charge in [0.25, 0.3) is 5.91 Å². The summed E-state index contributed by atoms with van der Waals surface area (Å²) in [4.78, 5) is 16.2. The molecule has 4 rings (SSSR count). The van der Waals surface area contributed by atoms with E-state index in [1.807, 2.05) is 24.3 Å². The number of carbonyl (C=O) groups is 1. The molecule has 0 saturated heterocycles. The largest absolute Gasteiger partial charge is 0.390 e. The minimum absolute atomic E-state index is 0.0648. The monoisotopic (exact) mass is 477 g/mol. The maximum Gasteiger partial charge on any atom is 0.253 e. The summed E-state index contributed by atoms with van der Waals surface area (Å²) in [5.41, 5.74) is 3.77. The molecule has 3 aromatic carbocycles. The minimum atomic E-state index is -0.998. The third-order valence-electron chi connectivity index (χ3n) is 6.07. The van der Waals surface area contributed by atoms with Crippen molar-refractivity contribution in [1.82, 2.24) is 15.6 Å². The summed E-state index contributed by atoms with van der Waals surface area (Å²) in [7, 11) is 0. The van der Waals surface area contributed by atoms with E-state index >= 15 is 0 Å². The number of hydrogen-bond donors (Lipinski definition) is 4. The zero-order chi connectivity index (χ0) is 24.8. The van der Waals surface area contributed by atoms with Crippen LogP contribution in [0.1, 0.15) is 34.0 Å². The second kappa shape index (κ2) is 11.3. The lowest BCUT2D eigenvalue weighted by molar-refractivity contribution is 0.0831. The van der Waals surface area contributed by atoms with E-state index in [1.54, 1.807) is 18.3 Å². The first kappa shape index (κ1) is 24.6. The Kier molecular flexibility index (Phi) is 7.90. The second-order valence-electron chi connectivity index (χ2n) is 8.68. The predicted molar refractivity (Wildman–Crippen MR) is 133 cm³/mol. The number of aryl methyl sites for hydroxylation is 1. The van der Waals surface area contributed by atoms with Gasteiger partial charge in [0.05, 0.1) is 23.2 Å². The molecule has 4 aromatic rings.